The van der Waals surface area contributed by atoms with Gasteiger partial charge in [-0.25, -0.2) is 0 Å². The van der Waals surface area contributed by atoms with Crippen molar-refractivity contribution in [3.63, 3.8) is 0 Å². The molecule has 1 atom stereocenters. The Bertz CT molecular complexity index is 535. The van der Waals surface area contributed by atoms with Gasteiger partial charge in [0.2, 0.25) is 0 Å². The van der Waals surface area contributed by atoms with Crippen molar-refractivity contribution in [3.05, 3.63) is 56.2 Å². The van der Waals surface area contributed by atoms with Crippen LogP contribution in [0.25, 0.3) is 0 Å². The molecule has 0 radical (unpaired) electrons. The van der Waals surface area contributed by atoms with Gasteiger partial charge in [-0.2, -0.15) is 0 Å². The van der Waals surface area contributed by atoms with Gasteiger partial charge in [0, 0.05) is 27.2 Å². The lowest BCUT2D eigenvalue weighted by Crippen LogP contribution is -2.23. The molecule has 0 aliphatic heterocycles. The monoisotopic (exact) mass is 351 g/mol. The third-order valence-electron chi connectivity index (χ3n) is 3.40. The standard InChI is InChI=1S/C17H22BrNS/c1-3-7-19-11-15(9-17-10-16(18)12-20-17)14-6-4-5-13(2)8-14/h4-6,8,10,12,15,19H,3,7,9,11H2,1-2H3. The van der Waals surface area contributed by atoms with E-state index in [2.05, 4.69) is 70.8 Å². The third kappa shape index (κ3) is 4.72. The zero-order valence-electron chi connectivity index (χ0n) is 12.2. The van der Waals surface area contributed by atoms with Gasteiger partial charge in [-0.1, -0.05) is 36.8 Å². The van der Waals surface area contributed by atoms with E-state index in [1.807, 2.05) is 11.3 Å². The summed E-state index contributed by atoms with van der Waals surface area (Å²) in [6, 6.07) is 11.2. The Kier molecular flexibility index (Phi) is 6.27. The highest BCUT2D eigenvalue weighted by Crippen LogP contribution is 2.27. The molecular formula is C17H22BrNS. The van der Waals surface area contributed by atoms with Gasteiger partial charge in [-0.3, -0.25) is 0 Å². The minimum Gasteiger partial charge on any atom is -0.316 e. The first kappa shape index (κ1) is 15.7. The summed E-state index contributed by atoms with van der Waals surface area (Å²) in [6.07, 6.45) is 2.29. The molecule has 0 amide bonds. The number of rotatable bonds is 7. The Hall–Kier alpha value is -0.640. The summed E-state index contributed by atoms with van der Waals surface area (Å²) in [5.41, 5.74) is 2.79. The maximum absolute atomic E-state index is 3.57. The summed E-state index contributed by atoms with van der Waals surface area (Å²) in [4.78, 5) is 1.45. The molecule has 108 valence electrons. The van der Waals surface area contributed by atoms with Crippen LogP contribution in [0.4, 0.5) is 0 Å². The Morgan fingerprint density at radius 3 is 2.80 bits per heavy atom. The molecule has 0 spiro atoms. The highest BCUT2D eigenvalue weighted by Gasteiger charge is 2.13. The molecule has 0 aliphatic carbocycles. The van der Waals surface area contributed by atoms with Crippen molar-refractivity contribution in [2.24, 2.45) is 0 Å². The van der Waals surface area contributed by atoms with E-state index in [0.717, 1.165) is 19.5 Å². The second-order valence-electron chi connectivity index (χ2n) is 5.25. The fourth-order valence-corrected chi connectivity index (χ4v) is 3.92. The summed E-state index contributed by atoms with van der Waals surface area (Å²) < 4.78 is 1.20. The quantitative estimate of drug-likeness (QED) is 0.680. The Morgan fingerprint density at radius 2 is 2.15 bits per heavy atom. The summed E-state index contributed by atoms with van der Waals surface area (Å²) in [5.74, 6) is 0.548. The van der Waals surface area contributed by atoms with Crippen molar-refractivity contribution in [1.29, 1.82) is 0 Å². The smallest absolute Gasteiger partial charge is 0.0285 e. The molecule has 3 heteroatoms. The van der Waals surface area contributed by atoms with Gasteiger partial charge >= 0.3 is 0 Å². The largest absolute Gasteiger partial charge is 0.316 e. The highest BCUT2D eigenvalue weighted by atomic mass is 79.9. The molecule has 0 fully saturated rings. The number of nitrogens with one attached hydrogen (secondary N) is 1. The lowest BCUT2D eigenvalue weighted by molar-refractivity contribution is 0.579. The average Bonchev–Trinajstić information content (AvgIpc) is 2.83. The molecule has 2 rings (SSSR count). The van der Waals surface area contributed by atoms with E-state index in [0.29, 0.717) is 5.92 Å². The number of benzene rings is 1. The van der Waals surface area contributed by atoms with Crippen LogP contribution >= 0.6 is 27.3 Å². The van der Waals surface area contributed by atoms with Crippen LogP contribution < -0.4 is 5.32 Å². The van der Waals surface area contributed by atoms with Crippen LogP contribution in [-0.4, -0.2) is 13.1 Å². The molecule has 1 unspecified atom stereocenters. The van der Waals surface area contributed by atoms with Gasteiger partial charge in [0.25, 0.3) is 0 Å². The van der Waals surface area contributed by atoms with Gasteiger partial charge in [-0.05, 0) is 53.9 Å². The van der Waals surface area contributed by atoms with Crippen LogP contribution in [0, 0.1) is 6.92 Å². The normalized spacial score (nSPS) is 12.6. The molecule has 0 aliphatic rings. The van der Waals surface area contributed by atoms with E-state index in [9.17, 15) is 0 Å². The molecule has 2 aromatic rings. The van der Waals surface area contributed by atoms with Crippen LogP contribution in [0.2, 0.25) is 0 Å². The summed E-state index contributed by atoms with van der Waals surface area (Å²) in [7, 11) is 0. The fraction of sp³-hybridized carbons (Fsp3) is 0.412. The number of hydrogen-bond donors (Lipinski definition) is 1. The maximum atomic E-state index is 3.57. The van der Waals surface area contributed by atoms with Crippen LogP contribution in [0.1, 0.15) is 35.3 Å². The molecule has 0 saturated carbocycles. The van der Waals surface area contributed by atoms with Crippen molar-refractivity contribution in [2.75, 3.05) is 13.1 Å². The van der Waals surface area contributed by atoms with E-state index < -0.39 is 0 Å². The van der Waals surface area contributed by atoms with E-state index in [4.69, 9.17) is 0 Å². The first-order valence-corrected chi connectivity index (χ1v) is 8.86. The zero-order chi connectivity index (χ0) is 14.4. The Morgan fingerprint density at radius 1 is 1.30 bits per heavy atom. The van der Waals surface area contributed by atoms with E-state index in [1.54, 1.807) is 0 Å². The van der Waals surface area contributed by atoms with Crippen LogP contribution in [0.15, 0.2) is 40.2 Å². The van der Waals surface area contributed by atoms with Crippen LogP contribution in [-0.2, 0) is 6.42 Å². The number of halogens is 1. The first-order valence-electron chi connectivity index (χ1n) is 7.19. The lowest BCUT2D eigenvalue weighted by atomic mass is 9.93. The average molecular weight is 352 g/mol. The van der Waals surface area contributed by atoms with Gasteiger partial charge in [0.05, 0.1) is 0 Å². The van der Waals surface area contributed by atoms with E-state index in [1.165, 1.54) is 26.9 Å². The predicted molar refractivity (Wildman–Crippen MR) is 92.8 cm³/mol. The van der Waals surface area contributed by atoms with Gasteiger partial charge in [0.1, 0.15) is 0 Å². The SMILES string of the molecule is CCCNCC(Cc1cc(Br)cs1)c1cccc(C)c1. The van der Waals surface area contributed by atoms with Crippen molar-refractivity contribution >= 4 is 27.3 Å². The Labute approximate surface area is 134 Å². The van der Waals surface area contributed by atoms with Crippen molar-refractivity contribution < 1.29 is 0 Å². The van der Waals surface area contributed by atoms with Crippen molar-refractivity contribution in [2.45, 2.75) is 32.6 Å². The summed E-state index contributed by atoms with van der Waals surface area (Å²) in [6.45, 7) is 6.52. The topological polar surface area (TPSA) is 12.0 Å². The minimum atomic E-state index is 0.548. The molecule has 0 saturated heterocycles. The summed E-state index contributed by atoms with van der Waals surface area (Å²) in [5, 5.41) is 5.74. The predicted octanol–water partition coefficient (Wildman–Crippen LogP) is 5.14. The number of hydrogen-bond acceptors (Lipinski definition) is 2. The van der Waals surface area contributed by atoms with E-state index in [-0.39, 0.29) is 0 Å². The number of thiophene rings is 1. The minimum absolute atomic E-state index is 0.548. The second kappa shape index (κ2) is 7.96. The maximum Gasteiger partial charge on any atom is 0.0285 e. The van der Waals surface area contributed by atoms with Crippen molar-refractivity contribution in [1.82, 2.24) is 5.32 Å². The molecular weight excluding hydrogens is 330 g/mol. The van der Waals surface area contributed by atoms with Gasteiger partial charge < -0.3 is 5.32 Å². The number of aryl methyl sites for hydroxylation is 1. The highest BCUT2D eigenvalue weighted by molar-refractivity contribution is 9.10. The van der Waals surface area contributed by atoms with Gasteiger partial charge in [-0.15, -0.1) is 11.3 Å². The van der Waals surface area contributed by atoms with Crippen LogP contribution in [0.5, 0.6) is 0 Å². The molecule has 1 heterocycles. The van der Waals surface area contributed by atoms with Crippen LogP contribution in [0.3, 0.4) is 0 Å². The van der Waals surface area contributed by atoms with Crippen molar-refractivity contribution in [3.8, 4) is 0 Å². The Balaban J connectivity index is 2.11. The fourth-order valence-electron chi connectivity index (χ4n) is 2.39. The molecule has 20 heavy (non-hydrogen) atoms. The molecule has 1 nitrogen and oxygen atoms in total. The second-order valence-corrected chi connectivity index (χ2v) is 7.16. The molecule has 1 aromatic carbocycles. The van der Waals surface area contributed by atoms with E-state index >= 15 is 0 Å². The summed E-state index contributed by atoms with van der Waals surface area (Å²) >= 11 is 5.39. The molecule has 0 bridgehead atoms. The lowest BCUT2D eigenvalue weighted by Gasteiger charge is -2.18. The molecule has 1 N–H and O–H groups in total. The zero-order valence-corrected chi connectivity index (χ0v) is 14.6. The van der Waals surface area contributed by atoms with Gasteiger partial charge in [0.15, 0.2) is 0 Å². The first-order chi connectivity index (χ1) is 9.69. The molecule has 1 aromatic heterocycles. The third-order valence-corrected chi connectivity index (χ3v) is 5.12.